The Balaban J connectivity index is 2.89. The molecule has 1 rings (SSSR count). The van der Waals surface area contributed by atoms with Gasteiger partial charge in [-0.25, -0.2) is 4.39 Å². The van der Waals surface area contributed by atoms with Crippen molar-refractivity contribution in [1.82, 2.24) is 0 Å². The van der Waals surface area contributed by atoms with Crippen LogP contribution in [0.3, 0.4) is 0 Å². The minimum Gasteiger partial charge on any atom is -0.505 e. The van der Waals surface area contributed by atoms with Crippen molar-refractivity contribution in [3.8, 4) is 5.75 Å². The molecule has 0 aliphatic heterocycles. The molecule has 0 saturated carbocycles. The predicted molar refractivity (Wildman–Crippen MR) is 51.8 cm³/mol. The summed E-state index contributed by atoms with van der Waals surface area (Å²) in [7, 11) is 0. The van der Waals surface area contributed by atoms with Crippen LogP contribution in [0.25, 0.3) is 0 Å². The molecular formula is C10H12FNO3. The number of phenolic OH excluding ortho intramolecular Hbond substituents is 1. The number of carbonyl (C=O) groups is 1. The van der Waals surface area contributed by atoms with E-state index in [1.807, 2.05) is 0 Å². The zero-order valence-corrected chi connectivity index (χ0v) is 7.98. The molecule has 0 aliphatic rings. The van der Waals surface area contributed by atoms with E-state index in [1.165, 1.54) is 12.1 Å². The van der Waals surface area contributed by atoms with Gasteiger partial charge in [-0.1, -0.05) is 6.07 Å². The third-order valence-corrected chi connectivity index (χ3v) is 2.07. The van der Waals surface area contributed by atoms with Gasteiger partial charge in [-0.2, -0.15) is 0 Å². The number of hydrogen-bond donors (Lipinski definition) is 3. The molecule has 4 nitrogen and oxygen atoms in total. The molecule has 0 radical (unpaired) electrons. The summed E-state index contributed by atoms with van der Waals surface area (Å²) in [6.07, 6.45) is 0.446. The lowest BCUT2D eigenvalue weighted by Gasteiger charge is -2.19. The zero-order valence-electron chi connectivity index (χ0n) is 7.98. The zero-order chi connectivity index (χ0) is 11.5. The number of carbonyl (C=O) groups excluding carboxylic acids is 1. The van der Waals surface area contributed by atoms with Crippen molar-refractivity contribution >= 4 is 6.29 Å². The monoisotopic (exact) mass is 213 g/mol. The quantitative estimate of drug-likeness (QED) is 0.613. The minimum absolute atomic E-state index is 0.0181. The van der Waals surface area contributed by atoms with Crippen LogP contribution in [0.15, 0.2) is 18.2 Å². The number of aromatic hydroxyl groups is 1. The van der Waals surface area contributed by atoms with Crippen molar-refractivity contribution in [2.75, 3.05) is 6.61 Å². The van der Waals surface area contributed by atoms with Gasteiger partial charge >= 0.3 is 0 Å². The standard InChI is InChI=1S/C10H12FNO3/c11-8-3-7(1-2-9(8)15)4-10(12,5-13)6-14/h1-3,5,14-15H,4,6,12H2/t10-/m1/s1. The van der Waals surface area contributed by atoms with E-state index in [0.717, 1.165) is 6.07 Å². The van der Waals surface area contributed by atoms with E-state index < -0.39 is 23.7 Å². The molecule has 0 aromatic heterocycles. The Hall–Kier alpha value is -1.46. The number of nitrogens with two attached hydrogens (primary N) is 1. The highest BCUT2D eigenvalue weighted by Crippen LogP contribution is 2.18. The summed E-state index contributed by atoms with van der Waals surface area (Å²) in [5, 5.41) is 17.8. The van der Waals surface area contributed by atoms with E-state index in [0.29, 0.717) is 11.8 Å². The van der Waals surface area contributed by atoms with E-state index in [9.17, 15) is 9.18 Å². The summed E-state index contributed by atoms with van der Waals surface area (Å²) < 4.78 is 12.9. The van der Waals surface area contributed by atoms with Gasteiger partial charge in [-0.15, -0.1) is 0 Å². The minimum atomic E-state index is -1.40. The van der Waals surface area contributed by atoms with E-state index in [1.54, 1.807) is 0 Å². The molecule has 0 heterocycles. The topological polar surface area (TPSA) is 83.6 Å². The first kappa shape index (κ1) is 11.6. The summed E-state index contributed by atoms with van der Waals surface area (Å²) in [6, 6.07) is 3.70. The highest BCUT2D eigenvalue weighted by atomic mass is 19.1. The predicted octanol–water partition coefficient (Wildman–Crippen LogP) is -0.0375. The maximum atomic E-state index is 12.9. The van der Waals surface area contributed by atoms with Gasteiger partial charge < -0.3 is 20.7 Å². The van der Waals surface area contributed by atoms with E-state index in [4.69, 9.17) is 15.9 Å². The SMILES string of the molecule is N[C@](C=O)(CO)Cc1ccc(O)c(F)c1. The number of rotatable bonds is 4. The summed E-state index contributed by atoms with van der Waals surface area (Å²) in [6.45, 7) is -0.515. The number of hydrogen-bond acceptors (Lipinski definition) is 4. The number of phenols is 1. The molecule has 4 N–H and O–H groups in total. The van der Waals surface area contributed by atoms with Crippen LogP contribution in [0, 0.1) is 5.82 Å². The van der Waals surface area contributed by atoms with Crippen LogP contribution in [0.2, 0.25) is 0 Å². The highest BCUT2D eigenvalue weighted by Gasteiger charge is 2.24. The third kappa shape index (κ3) is 2.74. The molecule has 0 unspecified atom stereocenters. The van der Waals surface area contributed by atoms with Gasteiger partial charge in [0.05, 0.1) is 12.1 Å². The number of aliphatic hydroxyl groups excluding tert-OH is 1. The average Bonchev–Trinajstić information content (AvgIpc) is 2.23. The lowest BCUT2D eigenvalue weighted by molar-refractivity contribution is -0.113. The largest absolute Gasteiger partial charge is 0.505 e. The van der Waals surface area contributed by atoms with Crippen molar-refractivity contribution in [3.63, 3.8) is 0 Å². The first-order valence-corrected chi connectivity index (χ1v) is 4.34. The highest BCUT2D eigenvalue weighted by molar-refractivity contribution is 5.64. The molecule has 0 aliphatic carbocycles. The van der Waals surface area contributed by atoms with Gasteiger partial charge in [0.1, 0.15) is 6.29 Å². The first-order chi connectivity index (χ1) is 7.00. The number of halogens is 1. The lowest BCUT2D eigenvalue weighted by Crippen LogP contribution is -2.47. The van der Waals surface area contributed by atoms with Crippen molar-refractivity contribution in [2.24, 2.45) is 5.73 Å². The van der Waals surface area contributed by atoms with Crippen molar-refractivity contribution in [1.29, 1.82) is 0 Å². The average molecular weight is 213 g/mol. The van der Waals surface area contributed by atoms with Crippen LogP contribution in [0.1, 0.15) is 5.56 Å². The Morgan fingerprint density at radius 1 is 1.53 bits per heavy atom. The number of aliphatic hydroxyl groups is 1. The molecule has 1 aromatic carbocycles. The van der Waals surface area contributed by atoms with Gasteiger partial charge in [0, 0.05) is 0 Å². The second kappa shape index (κ2) is 4.37. The molecule has 0 amide bonds. The van der Waals surface area contributed by atoms with E-state index in [2.05, 4.69) is 0 Å². The van der Waals surface area contributed by atoms with E-state index in [-0.39, 0.29) is 6.42 Å². The second-order valence-corrected chi connectivity index (χ2v) is 3.47. The smallest absolute Gasteiger partial charge is 0.165 e. The Kier molecular flexibility index (Phi) is 3.39. The second-order valence-electron chi connectivity index (χ2n) is 3.47. The van der Waals surface area contributed by atoms with Crippen molar-refractivity contribution in [3.05, 3.63) is 29.6 Å². The third-order valence-electron chi connectivity index (χ3n) is 2.07. The van der Waals surface area contributed by atoms with E-state index >= 15 is 0 Å². The fourth-order valence-corrected chi connectivity index (χ4v) is 1.18. The van der Waals surface area contributed by atoms with Gasteiger partial charge in [-0.05, 0) is 24.1 Å². The normalized spacial score (nSPS) is 14.6. The summed E-state index contributed by atoms with van der Waals surface area (Å²) in [4.78, 5) is 10.6. The Morgan fingerprint density at radius 2 is 2.20 bits per heavy atom. The maximum absolute atomic E-state index is 12.9. The van der Waals surface area contributed by atoms with Gasteiger partial charge in [0.2, 0.25) is 0 Å². The molecule has 5 heteroatoms. The molecule has 1 aromatic rings. The van der Waals surface area contributed by atoms with Gasteiger partial charge in [0.25, 0.3) is 0 Å². The Bertz CT molecular complexity index is 370. The van der Waals surface area contributed by atoms with Gasteiger partial charge in [-0.3, -0.25) is 0 Å². The number of benzene rings is 1. The molecule has 82 valence electrons. The molecule has 0 fully saturated rings. The molecule has 0 spiro atoms. The van der Waals surface area contributed by atoms with Crippen LogP contribution < -0.4 is 5.73 Å². The van der Waals surface area contributed by atoms with Crippen LogP contribution >= 0.6 is 0 Å². The van der Waals surface area contributed by atoms with Gasteiger partial charge in [0.15, 0.2) is 11.6 Å². The molecule has 0 saturated heterocycles. The molecule has 0 bridgehead atoms. The molecule has 15 heavy (non-hydrogen) atoms. The van der Waals surface area contributed by atoms with Crippen LogP contribution in [0.4, 0.5) is 4.39 Å². The van der Waals surface area contributed by atoms with Crippen LogP contribution in [-0.4, -0.2) is 28.6 Å². The summed E-state index contributed by atoms with van der Waals surface area (Å²) in [5.41, 5.74) is 4.55. The molecule has 1 atom stereocenters. The lowest BCUT2D eigenvalue weighted by atomic mass is 9.94. The molecular weight excluding hydrogens is 201 g/mol. The number of aldehydes is 1. The van der Waals surface area contributed by atoms with Crippen LogP contribution in [-0.2, 0) is 11.2 Å². The first-order valence-electron chi connectivity index (χ1n) is 4.34. The maximum Gasteiger partial charge on any atom is 0.165 e. The Morgan fingerprint density at radius 3 is 2.67 bits per heavy atom. The fraction of sp³-hybridized carbons (Fsp3) is 0.300. The van der Waals surface area contributed by atoms with Crippen molar-refractivity contribution < 1.29 is 19.4 Å². The summed E-state index contributed by atoms with van der Waals surface area (Å²) >= 11 is 0. The van der Waals surface area contributed by atoms with Crippen LogP contribution in [0.5, 0.6) is 5.75 Å². The Labute approximate surface area is 86.1 Å². The fourth-order valence-electron chi connectivity index (χ4n) is 1.18. The van der Waals surface area contributed by atoms with Crippen molar-refractivity contribution in [2.45, 2.75) is 12.0 Å². The summed E-state index contributed by atoms with van der Waals surface area (Å²) in [5.74, 6) is -1.24.